The zero-order valence-electron chi connectivity index (χ0n) is 17.9. The number of aliphatic carboxylic acids is 2. The van der Waals surface area contributed by atoms with Crippen molar-refractivity contribution in [2.45, 2.75) is 57.5 Å². The van der Waals surface area contributed by atoms with Gasteiger partial charge in [-0.1, -0.05) is 36.5 Å². The number of hydrogen-bond donors (Lipinski definition) is 2. The summed E-state index contributed by atoms with van der Waals surface area (Å²) >= 11 is 0. The Morgan fingerprint density at radius 2 is 1.45 bits per heavy atom. The van der Waals surface area contributed by atoms with E-state index < -0.39 is 24.0 Å². The molecule has 7 nitrogen and oxygen atoms in total. The number of allylic oxidation sites excluding steroid dienone is 5. The maximum atomic E-state index is 11.9. The lowest BCUT2D eigenvalue weighted by Crippen LogP contribution is -2.43. The number of hydrogen-bond acceptors (Lipinski definition) is 4. The number of carboxylic acids is 2. The van der Waals surface area contributed by atoms with Crippen molar-refractivity contribution in [3.8, 4) is 0 Å². The van der Waals surface area contributed by atoms with Crippen LogP contribution in [-0.2, 0) is 19.1 Å². The predicted octanol–water partition coefficient (Wildman–Crippen LogP) is 3.56. The molecule has 0 aromatic heterocycles. The largest absolute Gasteiger partial charge is 0.481 e. The Morgan fingerprint density at radius 3 is 2.00 bits per heavy atom. The Hall–Kier alpha value is -2.41. The van der Waals surface area contributed by atoms with Crippen LogP contribution in [0.2, 0.25) is 0 Å². The molecule has 1 unspecified atom stereocenters. The molecule has 0 heterocycles. The number of carbonyl (C=O) groups excluding carboxylic acids is 1. The standard InChI is InChI=1S/C22H35NO6/c1-23(2,3)18-19(17-21(26)27)29-22(28)16-14-12-10-8-6-4-5-7-9-11-13-15-20(24)25/h5-8,12,14,19H,4,9-11,13,15-18H2,1-3H3,(H-,24,25,26,27)/p+1/b7-5+,8-6+,14-12+. The minimum atomic E-state index is -0.980. The minimum absolute atomic E-state index is 0.122. The summed E-state index contributed by atoms with van der Waals surface area (Å²) in [6, 6.07) is 0. The third kappa shape index (κ3) is 20.1. The molecule has 0 aliphatic heterocycles. The first-order valence-electron chi connectivity index (χ1n) is 9.98. The van der Waals surface area contributed by atoms with Crippen LogP contribution in [0.3, 0.4) is 0 Å². The summed E-state index contributed by atoms with van der Waals surface area (Å²) in [4.78, 5) is 33.2. The summed E-state index contributed by atoms with van der Waals surface area (Å²) in [5, 5.41) is 17.5. The molecule has 2 N–H and O–H groups in total. The fourth-order valence-electron chi connectivity index (χ4n) is 2.56. The molecule has 0 spiro atoms. The number of nitrogens with zero attached hydrogens (tertiary/aromatic N) is 1. The molecule has 0 amide bonds. The molecule has 0 rings (SSSR count). The van der Waals surface area contributed by atoms with Gasteiger partial charge in [0.05, 0.1) is 34.0 Å². The minimum Gasteiger partial charge on any atom is -0.481 e. The number of esters is 1. The second-order valence-electron chi connectivity index (χ2n) is 7.91. The van der Waals surface area contributed by atoms with Crippen molar-refractivity contribution in [2.75, 3.05) is 27.7 Å². The summed E-state index contributed by atoms with van der Waals surface area (Å²) in [6.45, 7) is 0.442. The Balaban J connectivity index is 3.98. The highest BCUT2D eigenvalue weighted by Crippen LogP contribution is 2.07. The highest BCUT2D eigenvalue weighted by Gasteiger charge is 2.24. The van der Waals surface area contributed by atoms with Crippen LogP contribution >= 0.6 is 0 Å². The molecule has 0 saturated carbocycles. The lowest BCUT2D eigenvalue weighted by atomic mass is 10.2. The molecule has 0 aromatic carbocycles. The predicted molar refractivity (Wildman–Crippen MR) is 112 cm³/mol. The van der Waals surface area contributed by atoms with Crippen LogP contribution in [0.15, 0.2) is 36.5 Å². The van der Waals surface area contributed by atoms with E-state index in [0.717, 1.165) is 19.3 Å². The number of ether oxygens (including phenoxy) is 1. The summed E-state index contributed by atoms with van der Waals surface area (Å²) < 4.78 is 5.82. The molecule has 7 heteroatoms. The van der Waals surface area contributed by atoms with Gasteiger partial charge in [0.15, 0.2) is 6.10 Å². The number of carbonyl (C=O) groups is 3. The number of likely N-dealkylation sites (N-methyl/N-ethyl adjacent to an activating group) is 1. The number of rotatable bonds is 16. The van der Waals surface area contributed by atoms with E-state index in [0.29, 0.717) is 23.9 Å². The average Bonchev–Trinajstić information content (AvgIpc) is 2.56. The first-order valence-corrected chi connectivity index (χ1v) is 9.98. The Morgan fingerprint density at radius 1 is 0.862 bits per heavy atom. The summed E-state index contributed by atoms with van der Waals surface area (Å²) in [6.07, 6.45) is 15.3. The van der Waals surface area contributed by atoms with Crippen molar-refractivity contribution in [3.63, 3.8) is 0 Å². The Kier molecular flexibility index (Phi) is 14.2. The van der Waals surface area contributed by atoms with E-state index in [1.165, 1.54) is 0 Å². The van der Waals surface area contributed by atoms with Crippen molar-refractivity contribution in [3.05, 3.63) is 36.5 Å². The fourth-order valence-corrected chi connectivity index (χ4v) is 2.56. The third-order valence-corrected chi connectivity index (χ3v) is 3.79. The summed E-state index contributed by atoms with van der Waals surface area (Å²) in [5.41, 5.74) is 0. The topological polar surface area (TPSA) is 101 Å². The van der Waals surface area contributed by atoms with E-state index in [2.05, 4.69) is 12.2 Å². The van der Waals surface area contributed by atoms with Gasteiger partial charge in [0.2, 0.25) is 0 Å². The van der Waals surface area contributed by atoms with Gasteiger partial charge in [0.25, 0.3) is 0 Å². The number of unbranched alkanes of at least 4 members (excludes halogenated alkanes) is 2. The molecule has 164 valence electrons. The van der Waals surface area contributed by atoms with Crippen LogP contribution in [0.1, 0.15) is 51.4 Å². The zero-order valence-corrected chi connectivity index (χ0v) is 17.9. The van der Waals surface area contributed by atoms with Gasteiger partial charge < -0.3 is 19.4 Å². The van der Waals surface area contributed by atoms with Crippen LogP contribution in [0.25, 0.3) is 0 Å². The van der Waals surface area contributed by atoms with Gasteiger partial charge in [-0.15, -0.1) is 0 Å². The highest BCUT2D eigenvalue weighted by molar-refractivity contribution is 5.72. The Bertz CT molecular complexity index is 587. The van der Waals surface area contributed by atoms with Crippen molar-refractivity contribution >= 4 is 17.9 Å². The van der Waals surface area contributed by atoms with Gasteiger partial charge in [-0.3, -0.25) is 14.4 Å². The van der Waals surface area contributed by atoms with Gasteiger partial charge in [0, 0.05) is 6.42 Å². The summed E-state index contributed by atoms with van der Waals surface area (Å²) in [7, 11) is 5.76. The SMILES string of the molecule is C[N+](C)(C)CC(CC(=O)O)OC(=O)C/C=C/C/C=C/C/C=C/CCCCC(=O)O. The van der Waals surface area contributed by atoms with E-state index in [4.69, 9.17) is 14.9 Å². The van der Waals surface area contributed by atoms with E-state index in [1.54, 1.807) is 6.08 Å². The second kappa shape index (κ2) is 15.5. The molecular formula is C22H36NO6+. The van der Waals surface area contributed by atoms with Crippen molar-refractivity contribution in [1.29, 1.82) is 0 Å². The number of carboxylic acid groups (broad SMARTS) is 2. The van der Waals surface area contributed by atoms with Gasteiger partial charge in [0.1, 0.15) is 6.54 Å². The zero-order chi connectivity index (χ0) is 22.1. The first kappa shape index (κ1) is 26.6. The lowest BCUT2D eigenvalue weighted by Gasteiger charge is -2.28. The van der Waals surface area contributed by atoms with Crippen molar-refractivity contribution in [1.82, 2.24) is 0 Å². The quantitative estimate of drug-likeness (QED) is 0.175. The van der Waals surface area contributed by atoms with E-state index in [-0.39, 0.29) is 19.3 Å². The molecule has 1 atom stereocenters. The molecule has 0 saturated heterocycles. The van der Waals surface area contributed by atoms with Crippen molar-refractivity contribution in [2.24, 2.45) is 0 Å². The van der Waals surface area contributed by atoms with E-state index in [1.807, 2.05) is 39.4 Å². The van der Waals surface area contributed by atoms with Crippen molar-refractivity contribution < 1.29 is 33.8 Å². The van der Waals surface area contributed by atoms with Crippen LogP contribution in [0.4, 0.5) is 0 Å². The third-order valence-electron chi connectivity index (χ3n) is 3.79. The Labute approximate surface area is 173 Å². The van der Waals surface area contributed by atoms with Gasteiger partial charge in [-0.05, 0) is 32.1 Å². The van der Waals surface area contributed by atoms with Crippen LogP contribution in [0, 0.1) is 0 Å². The molecule has 0 radical (unpaired) electrons. The van der Waals surface area contributed by atoms with E-state index in [9.17, 15) is 14.4 Å². The van der Waals surface area contributed by atoms with E-state index >= 15 is 0 Å². The molecular weight excluding hydrogens is 374 g/mol. The smallest absolute Gasteiger partial charge is 0.310 e. The normalized spacial score (nSPS) is 13.3. The molecule has 0 aromatic rings. The molecule has 0 aliphatic rings. The second-order valence-corrected chi connectivity index (χ2v) is 7.91. The highest BCUT2D eigenvalue weighted by atomic mass is 16.5. The van der Waals surface area contributed by atoms with Crippen LogP contribution in [-0.4, -0.2) is 66.4 Å². The molecule has 0 bridgehead atoms. The van der Waals surface area contributed by atoms with Crippen LogP contribution in [0.5, 0.6) is 0 Å². The lowest BCUT2D eigenvalue weighted by molar-refractivity contribution is -0.873. The monoisotopic (exact) mass is 410 g/mol. The van der Waals surface area contributed by atoms with Gasteiger partial charge in [-0.25, -0.2) is 0 Å². The maximum Gasteiger partial charge on any atom is 0.310 e. The van der Waals surface area contributed by atoms with Crippen LogP contribution < -0.4 is 0 Å². The number of quaternary nitrogens is 1. The average molecular weight is 411 g/mol. The summed E-state index contributed by atoms with van der Waals surface area (Å²) in [5.74, 6) is -2.15. The molecule has 0 fully saturated rings. The molecule has 0 aliphatic carbocycles. The maximum absolute atomic E-state index is 11.9. The fraction of sp³-hybridized carbons (Fsp3) is 0.591. The van der Waals surface area contributed by atoms with Gasteiger partial charge >= 0.3 is 17.9 Å². The first-order chi connectivity index (χ1) is 13.6. The van der Waals surface area contributed by atoms with Gasteiger partial charge in [-0.2, -0.15) is 0 Å². The molecule has 29 heavy (non-hydrogen) atoms.